The van der Waals surface area contributed by atoms with Gasteiger partial charge in [0.05, 0.1) is 12.2 Å². The lowest BCUT2D eigenvalue weighted by molar-refractivity contribution is -0.140. The zero-order chi connectivity index (χ0) is 15.9. The van der Waals surface area contributed by atoms with E-state index in [2.05, 4.69) is 0 Å². The number of rotatable bonds is 1. The number of Topliss-reactive ketones (excluding diaryl/α,β-unsaturated/α-hetero) is 1. The SMILES string of the molecule is O=C1C(=C(O)C2CC=C(O)C(O)C2O)CC(O)C(O)C1O. The molecule has 2 aliphatic carbocycles. The van der Waals surface area contributed by atoms with Gasteiger partial charge in [0.25, 0.3) is 0 Å². The highest BCUT2D eigenvalue weighted by Crippen LogP contribution is 2.33. The lowest BCUT2D eigenvalue weighted by Gasteiger charge is -2.33. The molecule has 8 nitrogen and oxygen atoms in total. The number of hydrogen-bond acceptors (Lipinski definition) is 8. The molecular formula is C13H18O8. The third-order valence-electron chi connectivity index (χ3n) is 3.98. The molecule has 0 aliphatic heterocycles. The highest BCUT2D eigenvalue weighted by atomic mass is 16.4. The van der Waals surface area contributed by atoms with E-state index in [1.54, 1.807) is 0 Å². The minimum Gasteiger partial charge on any atom is -0.511 e. The first-order valence-electron chi connectivity index (χ1n) is 6.51. The van der Waals surface area contributed by atoms with Crippen LogP contribution in [0.2, 0.25) is 0 Å². The topological polar surface area (TPSA) is 159 Å². The maximum atomic E-state index is 11.9. The van der Waals surface area contributed by atoms with Crippen LogP contribution in [0.5, 0.6) is 0 Å². The Morgan fingerprint density at radius 3 is 2.29 bits per heavy atom. The Kier molecular flexibility index (Phi) is 4.35. The minimum absolute atomic E-state index is 0.0264. The van der Waals surface area contributed by atoms with E-state index in [0.29, 0.717) is 0 Å². The highest BCUT2D eigenvalue weighted by molar-refractivity contribution is 6.00. The number of ketones is 1. The van der Waals surface area contributed by atoms with Gasteiger partial charge < -0.3 is 35.7 Å². The van der Waals surface area contributed by atoms with E-state index in [1.165, 1.54) is 6.08 Å². The van der Waals surface area contributed by atoms with Crippen LogP contribution in [0.4, 0.5) is 0 Å². The lowest BCUT2D eigenvalue weighted by Crippen LogP contribution is -2.49. The molecule has 8 heteroatoms. The Morgan fingerprint density at radius 2 is 1.67 bits per heavy atom. The van der Waals surface area contributed by atoms with Gasteiger partial charge in [0.15, 0.2) is 5.78 Å². The summed E-state index contributed by atoms with van der Waals surface area (Å²) in [5.41, 5.74) is -0.300. The zero-order valence-corrected chi connectivity index (χ0v) is 11.0. The van der Waals surface area contributed by atoms with Gasteiger partial charge in [-0.3, -0.25) is 4.79 Å². The number of allylic oxidation sites excluding steroid dienone is 1. The zero-order valence-electron chi connectivity index (χ0n) is 11.0. The summed E-state index contributed by atoms with van der Waals surface area (Å²) in [7, 11) is 0. The Hall–Kier alpha value is -1.45. The van der Waals surface area contributed by atoms with Gasteiger partial charge >= 0.3 is 0 Å². The predicted molar refractivity (Wildman–Crippen MR) is 68.1 cm³/mol. The van der Waals surface area contributed by atoms with Gasteiger partial charge in [-0.2, -0.15) is 0 Å². The molecule has 6 unspecified atom stereocenters. The Bertz CT molecular complexity index is 496. The molecule has 1 saturated carbocycles. The summed E-state index contributed by atoms with van der Waals surface area (Å²) in [6.45, 7) is 0. The van der Waals surface area contributed by atoms with Crippen molar-refractivity contribution in [2.45, 2.75) is 43.4 Å². The van der Waals surface area contributed by atoms with Crippen LogP contribution < -0.4 is 0 Å². The Morgan fingerprint density at radius 1 is 1.05 bits per heavy atom. The summed E-state index contributed by atoms with van der Waals surface area (Å²) in [5, 5.41) is 67.3. The van der Waals surface area contributed by atoms with Crippen LogP contribution in [-0.4, -0.2) is 72.0 Å². The van der Waals surface area contributed by atoms with Gasteiger partial charge in [-0.15, -0.1) is 0 Å². The van der Waals surface area contributed by atoms with E-state index in [0.717, 1.165) is 0 Å². The smallest absolute Gasteiger partial charge is 0.193 e. The molecule has 1 fully saturated rings. The number of aliphatic hydroxyl groups is 7. The fourth-order valence-corrected chi connectivity index (χ4v) is 2.61. The fourth-order valence-electron chi connectivity index (χ4n) is 2.61. The van der Waals surface area contributed by atoms with Crippen molar-refractivity contribution in [3.8, 4) is 0 Å². The molecule has 0 aromatic rings. The van der Waals surface area contributed by atoms with Gasteiger partial charge in [-0.1, -0.05) is 0 Å². The van der Waals surface area contributed by atoms with E-state index in [4.69, 9.17) is 0 Å². The van der Waals surface area contributed by atoms with Crippen molar-refractivity contribution in [2.24, 2.45) is 5.92 Å². The molecule has 0 aromatic carbocycles. The summed E-state index contributed by atoms with van der Waals surface area (Å²) in [6.07, 6.45) is -7.25. The lowest BCUT2D eigenvalue weighted by atomic mass is 9.80. The number of carbonyl (C=O) groups is 1. The molecule has 2 rings (SSSR count). The number of carbonyl (C=O) groups excluding carboxylic acids is 1. The highest BCUT2D eigenvalue weighted by Gasteiger charge is 2.43. The monoisotopic (exact) mass is 302 g/mol. The van der Waals surface area contributed by atoms with Gasteiger partial charge in [0, 0.05) is 17.9 Å². The number of hydrogen-bond donors (Lipinski definition) is 7. The largest absolute Gasteiger partial charge is 0.511 e. The third-order valence-corrected chi connectivity index (χ3v) is 3.98. The first-order chi connectivity index (χ1) is 9.75. The molecule has 2 aliphatic rings. The third kappa shape index (κ3) is 2.68. The summed E-state index contributed by atoms with van der Waals surface area (Å²) in [6, 6.07) is 0. The van der Waals surface area contributed by atoms with Crippen LogP contribution in [0.15, 0.2) is 23.2 Å². The summed E-state index contributed by atoms with van der Waals surface area (Å²) in [4.78, 5) is 11.9. The molecule has 7 N–H and O–H groups in total. The molecular weight excluding hydrogens is 284 g/mol. The van der Waals surface area contributed by atoms with Crippen LogP contribution in [0, 0.1) is 5.92 Å². The Labute approximate surface area is 119 Å². The summed E-state index contributed by atoms with van der Waals surface area (Å²) < 4.78 is 0. The van der Waals surface area contributed by atoms with Crippen molar-refractivity contribution in [2.75, 3.05) is 0 Å². The molecule has 0 bridgehead atoms. The van der Waals surface area contributed by atoms with Crippen LogP contribution in [-0.2, 0) is 4.79 Å². The van der Waals surface area contributed by atoms with Crippen molar-refractivity contribution < 1.29 is 40.5 Å². The maximum Gasteiger partial charge on any atom is 0.193 e. The van der Waals surface area contributed by atoms with Gasteiger partial charge in [-0.05, 0) is 12.5 Å². The molecule has 0 heterocycles. The van der Waals surface area contributed by atoms with Crippen molar-refractivity contribution in [1.82, 2.24) is 0 Å². The molecule has 0 amide bonds. The van der Waals surface area contributed by atoms with Gasteiger partial charge in [-0.25, -0.2) is 0 Å². The molecule has 6 atom stereocenters. The van der Waals surface area contributed by atoms with E-state index in [-0.39, 0.29) is 18.4 Å². The molecule has 118 valence electrons. The minimum atomic E-state index is -1.86. The van der Waals surface area contributed by atoms with E-state index < -0.39 is 53.7 Å². The molecule has 0 aromatic heterocycles. The van der Waals surface area contributed by atoms with Crippen molar-refractivity contribution >= 4 is 5.78 Å². The van der Waals surface area contributed by atoms with E-state index in [1.807, 2.05) is 0 Å². The van der Waals surface area contributed by atoms with E-state index in [9.17, 15) is 40.5 Å². The van der Waals surface area contributed by atoms with Crippen molar-refractivity contribution in [3.05, 3.63) is 23.2 Å². The molecule has 0 radical (unpaired) electrons. The van der Waals surface area contributed by atoms with Crippen molar-refractivity contribution in [3.63, 3.8) is 0 Å². The van der Waals surface area contributed by atoms with Crippen LogP contribution in [0.1, 0.15) is 12.8 Å². The second kappa shape index (κ2) is 5.74. The summed E-state index contributed by atoms with van der Waals surface area (Å²) >= 11 is 0. The number of aliphatic hydroxyl groups excluding tert-OH is 7. The molecule has 0 spiro atoms. The predicted octanol–water partition coefficient (Wildman–Crippen LogP) is -1.96. The van der Waals surface area contributed by atoms with Crippen LogP contribution >= 0.6 is 0 Å². The second-order valence-electron chi connectivity index (χ2n) is 5.34. The van der Waals surface area contributed by atoms with Crippen molar-refractivity contribution in [1.29, 1.82) is 0 Å². The fraction of sp³-hybridized carbons (Fsp3) is 0.615. The first kappa shape index (κ1) is 15.9. The average Bonchev–Trinajstić information content (AvgIpc) is 2.46. The quantitative estimate of drug-likeness (QED) is 0.217. The molecule has 0 saturated heterocycles. The van der Waals surface area contributed by atoms with Gasteiger partial charge in [0.2, 0.25) is 0 Å². The van der Waals surface area contributed by atoms with E-state index >= 15 is 0 Å². The average molecular weight is 302 g/mol. The normalized spacial score (nSPS) is 43.5. The second-order valence-corrected chi connectivity index (χ2v) is 5.34. The Balaban J connectivity index is 2.33. The first-order valence-corrected chi connectivity index (χ1v) is 6.51. The van der Waals surface area contributed by atoms with Gasteiger partial charge in [0.1, 0.15) is 29.8 Å². The van der Waals surface area contributed by atoms with Crippen LogP contribution in [0.3, 0.4) is 0 Å². The molecule has 21 heavy (non-hydrogen) atoms. The van der Waals surface area contributed by atoms with Crippen LogP contribution in [0.25, 0.3) is 0 Å². The standard InChI is InChI=1S/C13H18O8/c14-6-2-1-4(9(17)11(6)19)8(16)5-3-7(15)12(20)13(21)10(5)18/h2,4,7,9,11-17,19-21H,1,3H2. The summed E-state index contributed by atoms with van der Waals surface area (Å²) in [5.74, 6) is -2.99. The maximum absolute atomic E-state index is 11.9.